The highest BCUT2D eigenvalue weighted by molar-refractivity contribution is 7.89. The third-order valence-corrected chi connectivity index (χ3v) is 5.86. The lowest BCUT2D eigenvalue weighted by molar-refractivity contribution is -0.274. The minimum atomic E-state index is -4.98. The van der Waals surface area contributed by atoms with Crippen molar-refractivity contribution in [3.05, 3.63) is 24.3 Å². The topological polar surface area (TPSA) is 75.7 Å². The molecule has 0 aromatic heterocycles. The SMILES string of the molecule is O=C(NCC(F)(F)F)C1CCN(S(=O)(=O)c2cccc(OC(F)(F)F)c2)CC1. The highest BCUT2D eigenvalue weighted by Crippen LogP contribution is 2.28. The largest absolute Gasteiger partial charge is 0.573 e. The molecule has 1 heterocycles. The first-order chi connectivity index (χ1) is 12.8. The average molecular weight is 434 g/mol. The summed E-state index contributed by atoms with van der Waals surface area (Å²) in [6, 6.07) is 3.86. The van der Waals surface area contributed by atoms with E-state index >= 15 is 0 Å². The highest BCUT2D eigenvalue weighted by Gasteiger charge is 2.35. The van der Waals surface area contributed by atoms with E-state index in [1.54, 1.807) is 5.32 Å². The van der Waals surface area contributed by atoms with Gasteiger partial charge in [-0.1, -0.05) is 6.07 Å². The fourth-order valence-electron chi connectivity index (χ4n) is 2.67. The molecule has 1 amide bonds. The molecule has 0 atom stereocenters. The van der Waals surface area contributed by atoms with E-state index in [1.807, 2.05) is 0 Å². The van der Waals surface area contributed by atoms with E-state index in [0.717, 1.165) is 28.6 Å². The summed E-state index contributed by atoms with van der Waals surface area (Å²) in [6.07, 6.45) is -9.56. The number of benzene rings is 1. The number of halogens is 6. The first-order valence-electron chi connectivity index (χ1n) is 7.98. The minimum Gasteiger partial charge on any atom is -0.406 e. The number of alkyl halides is 6. The van der Waals surface area contributed by atoms with Gasteiger partial charge in [-0.05, 0) is 25.0 Å². The second-order valence-electron chi connectivity index (χ2n) is 6.03. The average Bonchev–Trinajstić information content (AvgIpc) is 2.58. The number of sulfonamides is 1. The number of nitrogens with zero attached hydrogens (tertiary/aromatic N) is 1. The van der Waals surface area contributed by atoms with Crippen LogP contribution in [0.5, 0.6) is 5.75 Å². The third-order valence-electron chi connectivity index (χ3n) is 3.96. The van der Waals surface area contributed by atoms with Crippen molar-refractivity contribution in [3.8, 4) is 5.75 Å². The van der Waals surface area contributed by atoms with Gasteiger partial charge < -0.3 is 10.1 Å². The Hall–Kier alpha value is -2.02. The number of piperidine rings is 1. The Morgan fingerprint density at radius 2 is 1.75 bits per heavy atom. The molecule has 1 N–H and O–H groups in total. The van der Waals surface area contributed by atoms with Crippen molar-refractivity contribution in [2.24, 2.45) is 5.92 Å². The number of nitrogens with one attached hydrogen (secondary N) is 1. The molecule has 1 aliphatic heterocycles. The molecule has 1 fully saturated rings. The number of amides is 1. The van der Waals surface area contributed by atoms with Crippen LogP contribution in [-0.2, 0) is 14.8 Å². The summed E-state index contributed by atoms with van der Waals surface area (Å²) in [5.74, 6) is -2.31. The van der Waals surface area contributed by atoms with Gasteiger partial charge in [-0.25, -0.2) is 8.42 Å². The lowest BCUT2D eigenvalue weighted by Gasteiger charge is -2.30. The van der Waals surface area contributed by atoms with Crippen molar-refractivity contribution in [2.45, 2.75) is 30.3 Å². The van der Waals surface area contributed by atoms with Gasteiger partial charge in [0.15, 0.2) is 0 Å². The predicted molar refractivity (Wildman–Crippen MR) is 83.7 cm³/mol. The molecular formula is C15H16F6N2O4S. The summed E-state index contributed by atoms with van der Waals surface area (Å²) in [7, 11) is -4.15. The standard InChI is InChI=1S/C15H16F6N2O4S/c16-14(17,18)9-22-13(24)10-4-6-23(7-5-10)28(25,26)12-3-1-2-11(8-12)27-15(19,20)21/h1-3,8,10H,4-7,9H2,(H,22,24). The Bertz CT molecular complexity index is 801. The zero-order valence-electron chi connectivity index (χ0n) is 14.2. The summed E-state index contributed by atoms with van der Waals surface area (Å²) in [4.78, 5) is 11.3. The third kappa shape index (κ3) is 6.26. The Labute approximate surface area is 156 Å². The van der Waals surface area contributed by atoms with Gasteiger partial charge in [0, 0.05) is 25.1 Å². The zero-order chi connectivity index (χ0) is 21.2. The van der Waals surface area contributed by atoms with E-state index in [4.69, 9.17) is 0 Å². The molecule has 0 radical (unpaired) electrons. The Morgan fingerprint density at radius 3 is 2.29 bits per heavy atom. The molecule has 0 unspecified atom stereocenters. The Morgan fingerprint density at radius 1 is 1.14 bits per heavy atom. The maximum Gasteiger partial charge on any atom is 0.573 e. The minimum absolute atomic E-state index is 0.0122. The number of carbonyl (C=O) groups is 1. The lowest BCUT2D eigenvalue weighted by Crippen LogP contribution is -2.44. The van der Waals surface area contributed by atoms with Gasteiger partial charge in [0.1, 0.15) is 12.3 Å². The Kier molecular flexibility index (Phi) is 6.48. The molecule has 1 aromatic carbocycles. The monoisotopic (exact) mass is 434 g/mol. The van der Waals surface area contributed by atoms with Gasteiger partial charge in [-0.3, -0.25) is 4.79 Å². The first kappa shape index (κ1) is 22.3. The number of ether oxygens (including phenoxy) is 1. The van der Waals surface area contributed by atoms with E-state index in [9.17, 15) is 39.6 Å². The van der Waals surface area contributed by atoms with Gasteiger partial charge in [-0.15, -0.1) is 13.2 Å². The molecule has 0 spiro atoms. The molecule has 1 aromatic rings. The molecule has 6 nitrogen and oxygen atoms in total. The van der Waals surface area contributed by atoms with Crippen LogP contribution < -0.4 is 10.1 Å². The van der Waals surface area contributed by atoms with Crippen molar-refractivity contribution in [2.75, 3.05) is 19.6 Å². The summed E-state index contributed by atoms with van der Waals surface area (Å²) < 4.78 is 103. The van der Waals surface area contributed by atoms with E-state index < -0.39 is 51.6 Å². The summed E-state index contributed by atoms with van der Waals surface area (Å²) in [5, 5.41) is 1.75. The molecule has 13 heteroatoms. The molecule has 1 saturated heterocycles. The zero-order valence-corrected chi connectivity index (χ0v) is 15.0. The maximum absolute atomic E-state index is 12.6. The molecular weight excluding hydrogens is 418 g/mol. The molecule has 2 rings (SSSR count). The first-order valence-corrected chi connectivity index (χ1v) is 9.42. The van der Waals surface area contributed by atoms with Gasteiger partial charge in [0.25, 0.3) is 0 Å². The van der Waals surface area contributed by atoms with Crippen LogP contribution in [0.25, 0.3) is 0 Å². The Balaban J connectivity index is 2.01. The number of rotatable bonds is 5. The van der Waals surface area contributed by atoms with Crippen LogP contribution in [0.4, 0.5) is 26.3 Å². The smallest absolute Gasteiger partial charge is 0.406 e. The maximum atomic E-state index is 12.6. The quantitative estimate of drug-likeness (QED) is 0.724. The molecule has 0 saturated carbocycles. The number of hydrogen-bond donors (Lipinski definition) is 1. The fraction of sp³-hybridized carbons (Fsp3) is 0.533. The second-order valence-corrected chi connectivity index (χ2v) is 7.97. The predicted octanol–water partition coefficient (Wildman–Crippen LogP) is 2.66. The van der Waals surface area contributed by atoms with Crippen LogP contribution in [0.2, 0.25) is 0 Å². The van der Waals surface area contributed by atoms with Crippen LogP contribution in [0, 0.1) is 5.92 Å². The van der Waals surface area contributed by atoms with Crippen molar-refractivity contribution < 1.29 is 44.3 Å². The normalized spacial score (nSPS) is 17.4. The molecule has 1 aliphatic rings. The number of hydrogen-bond acceptors (Lipinski definition) is 4. The highest BCUT2D eigenvalue weighted by atomic mass is 32.2. The van der Waals surface area contributed by atoms with Crippen molar-refractivity contribution in [1.29, 1.82) is 0 Å². The van der Waals surface area contributed by atoms with Crippen LogP contribution >= 0.6 is 0 Å². The fourth-order valence-corrected chi connectivity index (χ4v) is 4.18. The van der Waals surface area contributed by atoms with Crippen molar-refractivity contribution in [3.63, 3.8) is 0 Å². The van der Waals surface area contributed by atoms with Crippen LogP contribution in [-0.4, -0.2) is 50.8 Å². The van der Waals surface area contributed by atoms with Crippen LogP contribution in [0.3, 0.4) is 0 Å². The van der Waals surface area contributed by atoms with Crippen LogP contribution in [0.15, 0.2) is 29.2 Å². The van der Waals surface area contributed by atoms with Crippen molar-refractivity contribution >= 4 is 15.9 Å². The summed E-state index contributed by atoms with van der Waals surface area (Å²) >= 11 is 0. The van der Waals surface area contributed by atoms with E-state index in [-0.39, 0.29) is 25.9 Å². The van der Waals surface area contributed by atoms with Crippen LogP contribution in [0.1, 0.15) is 12.8 Å². The van der Waals surface area contributed by atoms with E-state index in [0.29, 0.717) is 0 Å². The lowest BCUT2D eigenvalue weighted by atomic mass is 9.97. The van der Waals surface area contributed by atoms with Gasteiger partial charge in [0.05, 0.1) is 4.90 Å². The molecule has 0 bridgehead atoms. The second kappa shape index (κ2) is 8.15. The van der Waals surface area contributed by atoms with Crippen molar-refractivity contribution in [1.82, 2.24) is 9.62 Å². The molecule has 0 aliphatic carbocycles. The summed E-state index contributed by atoms with van der Waals surface area (Å²) in [5.41, 5.74) is 0. The molecule has 158 valence electrons. The van der Waals surface area contributed by atoms with Gasteiger partial charge >= 0.3 is 12.5 Å². The number of carbonyl (C=O) groups excluding carboxylic acids is 1. The van der Waals surface area contributed by atoms with E-state index in [2.05, 4.69) is 4.74 Å². The van der Waals surface area contributed by atoms with Gasteiger partial charge in [-0.2, -0.15) is 17.5 Å². The van der Waals surface area contributed by atoms with Gasteiger partial charge in [0.2, 0.25) is 15.9 Å². The van der Waals surface area contributed by atoms with E-state index in [1.165, 1.54) is 0 Å². The molecule has 28 heavy (non-hydrogen) atoms. The summed E-state index contributed by atoms with van der Waals surface area (Å²) in [6.45, 7) is -1.79.